The molecule has 2 aromatic rings. The summed E-state index contributed by atoms with van der Waals surface area (Å²) in [7, 11) is 1.99. The van der Waals surface area contributed by atoms with E-state index in [1.54, 1.807) is 6.07 Å². The zero-order chi connectivity index (χ0) is 14.5. The smallest absolute Gasteiger partial charge is 0.0453 e. The first-order valence-corrected chi connectivity index (χ1v) is 7.51. The molecule has 0 bridgehead atoms. The van der Waals surface area contributed by atoms with Gasteiger partial charge in [0.2, 0.25) is 0 Å². The molecule has 1 N–H and O–H groups in total. The van der Waals surface area contributed by atoms with E-state index in [1.165, 1.54) is 11.1 Å². The summed E-state index contributed by atoms with van der Waals surface area (Å²) in [5.41, 5.74) is 3.75. The van der Waals surface area contributed by atoms with Gasteiger partial charge in [0.25, 0.3) is 0 Å². The molecule has 2 rings (SSSR count). The first-order chi connectivity index (χ1) is 9.58. The molecule has 0 heterocycles. The molecule has 3 heteroatoms. The minimum Gasteiger partial charge on any atom is -0.316 e. The van der Waals surface area contributed by atoms with Gasteiger partial charge in [-0.2, -0.15) is 0 Å². The van der Waals surface area contributed by atoms with Crippen LogP contribution in [-0.4, -0.2) is 13.1 Å². The lowest BCUT2D eigenvalue weighted by molar-refractivity contribution is 0.556. The highest BCUT2D eigenvalue weighted by Gasteiger charge is 2.11. The quantitative estimate of drug-likeness (QED) is 0.846. The Kier molecular flexibility index (Phi) is 5.47. The average molecular weight is 308 g/mol. The number of hydrogen-bond acceptors (Lipinski definition) is 1. The number of rotatable bonds is 5. The summed E-state index contributed by atoms with van der Waals surface area (Å²) in [6.07, 6.45) is 1.87. The van der Waals surface area contributed by atoms with Crippen LogP contribution in [0.5, 0.6) is 0 Å². The summed E-state index contributed by atoms with van der Waals surface area (Å²) in [6, 6.07) is 14.7. The zero-order valence-electron chi connectivity index (χ0n) is 11.8. The van der Waals surface area contributed by atoms with Gasteiger partial charge in [0.1, 0.15) is 0 Å². The van der Waals surface area contributed by atoms with Crippen molar-refractivity contribution < 1.29 is 0 Å². The molecule has 1 nitrogen and oxygen atoms in total. The number of hydrogen-bond donors (Lipinski definition) is 1. The summed E-state index contributed by atoms with van der Waals surface area (Å²) >= 11 is 12.2. The lowest BCUT2D eigenvalue weighted by atomic mass is 9.98. The number of benzene rings is 2. The van der Waals surface area contributed by atoms with E-state index in [4.69, 9.17) is 23.2 Å². The third-order valence-electron chi connectivity index (χ3n) is 3.49. The van der Waals surface area contributed by atoms with Crippen molar-refractivity contribution in [2.45, 2.75) is 25.8 Å². The van der Waals surface area contributed by atoms with E-state index in [9.17, 15) is 0 Å². The summed E-state index contributed by atoms with van der Waals surface area (Å²) in [4.78, 5) is 0. The molecule has 0 aliphatic carbocycles. The Hall–Kier alpha value is -1.02. The van der Waals surface area contributed by atoms with E-state index in [1.807, 2.05) is 19.2 Å². The molecule has 1 atom stereocenters. The van der Waals surface area contributed by atoms with Crippen LogP contribution in [0.3, 0.4) is 0 Å². The highest BCUT2D eigenvalue weighted by Crippen LogP contribution is 2.22. The predicted molar refractivity (Wildman–Crippen MR) is 87.9 cm³/mol. The van der Waals surface area contributed by atoms with E-state index < -0.39 is 0 Å². The SMILES string of the molecule is CNC(Cc1ccc(C)cc1)Cc1ccc(Cl)cc1Cl. The zero-order valence-corrected chi connectivity index (χ0v) is 13.3. The maximum absolute atomic E-state index is 6.24. The van der Waals surface area contributed by atoms with E-state index >= 15 is 0 Å². The molecule has 0 aliphatic rings. The number of halogens is 2. The van der Waals surface area contributed by atoms with Crippen molar-refractivity contribution in [3.05, 3.63) is 69.2 Å². The standard InChI is InChI=1S/C17H19Cl2N/c1-12-3-5-13(6-4-12)9-16(20-2)10-14-7-8-15(18)11-17(14)19/h3-8,11,16,20H,9-10H2,1-2H3. The van der Waals surface area contributed by atoms with Gasteiger partial charge >= 0.3 is 0 Å². The number of likely N-dealkylation sites (N-methyl/N-ethyl adjacent to an activating group) is 1. The first kappa shape index (κ1) is 15.4. The van der Waals surface area contributed by atoms with Crippen LogP contribution in [0.25, 0.3) is 0 Å². The van der Waals surface area contributed by atoms with Crippen LogP contribution in [0, 0.1) is 6.92 Å². The third-order valence-corrected chi connectivity index (χ3v) is 4.08. The Labute approximate surface area is 130 Å². The van der Waals surface area contributed by atoms with Crippen LogP contribution in [0.2, 0.25) is 10.0 Å². The fourth-order valence-electron chi connectivity index (χ4n) is 2.24. The van der Waals surface area contributed by atoms with E-state index in [2.05, 4.69) is 36.5 Å². The molecule has 0 spiro atoms. The molecule has 20 heavy (non-hydrogen) atoms. The van der Waals surface area contributed by atoms with Gasteiger partial charge < -0.3 is 5.32 Å². The largest absolute Gasteiger partial charge is 0.316 e. The molecule has 0 saturated heterocycles. The monoisotopic (exact) mass is 307 g/mol. The fourth-order valence-corrected chi connectivity index (χ4v) is 2.72. The van der Waals surface area contributed by atoms with Gasteiger partial charge in [-0.3, -0.25) is 0 Å². The first-order valence-electron chi connectivity index (χ1n) is 6.75. The van der Waals surface area contributed by atoms with E-state index in [-0.39, 0.29) is 0 Å². The highest BCUT2D eigenvalue weighted by atomic mass is 35.5. The summed E-state index contributed by atoms with van der Waals surface area (Å²) < 4.78 is 0. The van der Waals surface area contributed by atoms with Gasteiger partial charge in [-0.15, -0.1) is 0 Å². The second kappa shape index (κ2) is 7.12. The Balaban J connectivity index is 2.07. The van der Waals surface area contributed by atoms with Crippen molar-refractivity contribution in [2.24, 2.45) is 0 Å². The Morgan fingerprint density at radius 3 is 2.30 bits per heavy atom. The average Bonchev–Trinajstić information content (AvgIpc) is 2.43. The fraction of sp³-hybridized carbons (Fsp3) is 0.294. The van der Waals surface area contributed by atoms with Crippen LogP contribution in [0.1, 0.15) is 16.7 Å². The van der Waals surface area contributed by atoms with Crippen molar-refractivity contribution in [1.29, 1.82) is 0 Å². The molecule has 0 fully saturated rings. The lowest BCUT2D eigenvalue weighted by Crippen LogP contribution is -2.30. The topological polar surface area (TPSA) is 12.0 Å². The third kappa shape index (κ3) is 4.24. The minimum absolute atomic E-state index is 0.358. The summed E-state index contributed by atoms with van der Waals surface area (Å²) in [5.74, 6) is 0. The summed E-state index contributed by atoms with van der Waals surface area (Å²) in [5, 5.41) is 4.78. The lowest BCUT2D eigenvalue weighted by Gasteiger charge is -2.17. The maximum atomic E-state index is 6.24. The molecule has 2 aromatic carbocycles. The van der Waals surface area contributed by atoms with Gasteiger partial charge in [-0.1, -0.05) is 59.1 Å². The second-order valence-corrected chi connectivity index (χ2v) is 5.96. The van der Waals surface area contributed by atoms with E-state index in [0.29, 0.717) is 11.1 Å². The van der Waals surface area contributed by atoms with Gasteiger partial charge in [0, 0.05) is 16.1 Å². The molecule has 0 aliphatic heterocycles. The summed E-state index contributed by atoms with van der Waals surface area (Å²) in [6.45, 7) is 2.10. The Morgan fingerprint density at radius 2 is 1.70 bits per heavy atom. The Bertz CT molecular complexity index is 564. The molecule has 0 amide bonds. The second-order valence-electron chi connectivity index (χ2n) is 5.12. The van der Waals surface area contributed by atoms with Crippen LogP contribution in [-0.2, 0) is 12.8 Å². The van der Waals surface area contributed by atoms with Gasteiger partial charge in [0.15, 0.2) is 0 Å². The maximum Gasteiger partial charge on any atom is 0.0453 e. The molecule has 1 unspecified atom stereocenters. The predicted octanol–water partition coefficient (Wildman–Crippen LogP) is 4.68. The number of aryl methyl sites for hydroxylation is 1. The van der Waals surface area contributed by atoms with Gasteiger partial charge in [0.05, 0.1) is 0 Å². The van der Waals surface area contributed by atoms with Crippen LogP contribution in [0.4, 0.5) is 0 Å². The van der Waals surface area contributed by atoms with Gasteiger partial charge in [-0.25, -0.2) is 0 Å². The van der Waals surface area contributed by atoms with Crippen LogP contribution in [0.15, 0.2) is 42.5 Å². The number of nitrogens with one attached hydrogen (secondary N) is 1. The van der Waals surface area contributed by atoms with Crippen LogP contribution < -0.4 is 5.32 Å². The van der Waals surface area contributed by atoms with E-state index in [0.717, 1.165) is 23.4 Å². The van der Waals surface area contributed by atoms with Crippen molar-refractivity contribution in [3.63, 3.8) is 0 Å². The molecular formula is C17H19Cl2N. The van der Waals surface area contributed by atoms with Crippen molar-refractivity contribution in [2.75, 3.05) is 7.05 Å². The molecule has 106 valence electrons. The van der Waals surface area contributed by atoms with Crippen molar-refractivity contribution in [1.82, 2.24) is 5.32 Å². The van der Waals surface area contributed by atoms with Gasteiger partial charge in [-0.05, 0) is 50.1 Å². The molecule has 0 saturated carbocycles. The minimum atomic E-state index is 0.358. The normalized spacial score (nSPS) is 12.4. The molecule has 0 aromatic heterocycles. The van der Waals surface area contributed by atoms with Crippen molar-refractivity contribution in [3.8, 4) is 0 Å². The Morgan fingerprint density at radius 1 is 1.00 bits per heavy atom. The highest BCUT2D eigenvalue weighted by molar-refractivity contribution is 6.35. The van der Waals surface area contributed by atoms with Crippen molar-refractivity contribution >= 4 is 23.2 Å². The molecular weight excluding hydrogens is 289 g/mol. The molecule has 0 radical (unpaired) electrons. The van der Waals surface area contributed by atoms with Crippen LogP contribution >= 0.6 is 23.2 Å².